The van der Waals surface area contributed by atoms with Gasteiger partial charge in [-0.1, -0.05) is 28.1 Å². The maximum atomic E-state index is 4.99. The second-order valence-corrected chi connectivity index (χ2v) is 1.72. The molecule has 0 fully saturated rings. The van der Waals surface area contributed by atoms with Crippen molar-refractivity contribution in [3.05, 3.63) is 23.7 Å². The van der Waals surface area contributed by atoms with Gasteiger partial charge in [-0.2, -0.15) is 0 Å². The highest BCUT2D eigenvalue weighted by Crippen LogP contribution is 1.83. The molecule has 0 amide bonds. The molecule has 0 radical (unpaired) electrons. The van der Waals surface area contributed by atoms with Crippen LogP contribution in [0, 0.1) is 0 Å². The Kier molecular flexibility index (Phi) is 6.85. The first-order chi connectivity index (χ1) is 3.91. The van der Waals surface area contributed by atoms with E-state index in [1.165, 1.54) is 0 Å². The van der Waals surface area contributed by atoms with Gasteiger partial charge in [0.05, 0.1) is 13.2 Å². The Labute approximate surface area is 58.2 Å². The Bertz CT molecular complexity index is 78.6. The lowest BCUT2D eigenvalue weighted by Gasteiger charge is -1.90. The van der Waals surface area contributed by atoms with Gasteiger partial charge in [-0.3, -0.25) is 0 Å². The second kappa shape index (κ2) is 6.92. The van der Waals surface area contributed by atoms with Crippen LogP contribution in [0.15, 0.2) is 23.7 Å². The first kappa shape index (κ1) is 7.92. The second-order valence-electron chi connectivity index (χ2n) is 1.19. The SMILES string of the molecule is C=CCOCC=CBr. The zero-order valence-electron chi connectivity index (χ0n) is 4.64. The summed E-state index contributed by atoms with van der Waals surface area (Å²) in [5.41, 5.74) is 0. The Morgan fingerprint density at radius 2 is 2.25 bits per heavy atom. The van der Waals surface area contributed by atoms with Gasteiger partial charge in [-0.05, 0) is 4.99 Å². The molecule has 0 aliphatic heterocycles. The largest absolute Gasteiger partial charge is 0.373 e. The fourth-order valence-corrected chi connectivity index (χ4v) is 0.408. The molecule has 0 aromatic rings. The van der Waals surface area contributed by atoms with Crippen molar-refractivity contribution < 1.29 is 4.74 Å². The van der Waals surface area contributed by atoms with Crippen LogP contribution in [0.5, 0.6) is 0 Å². The summed E-state index contributed by atoms with van der Waals surface area (Å²) in [7, 11) is 0. The van der Waals surface area contributed by atoms with Gasteiger partial charge >= 0.3 is 0 Å². The van der Waals surface area contributed by atoms with E-state index in [0.717, 1.165) is 0 Å². The molecule has 0 unspecified atom stereocenters. The van der Waals surface area contributed by atoms with Crippen molar-refractivity contribution in [3.8, 4) is 0 Å². The molecule has 0 bridgehead atoms. The summed E-state index contributed by atoms with van der Waals surface area (Å²) in [5.74, 6) is 0. The average Bonchev–Trinajstić information content (AvgIpc) is 1.81. The Hall–Kier alpha value is -0.0800. The van der Waals surface area contributed by atoms with Crippen LogP contribution in [0.4, 0.5) is 0 Å². The van der Waals surface area contributed by atoms with Crippen molar-refractivity contribution in [1.82, 2.24) is 0 Å². The maximum absolute atomic E-state index is 4.99. The topological polar surface area (TPSA) is 9.23 Å². The van der Waals surface area contributed by atoms with E-state index in [2.05, 4.69) is 22.5 Å². The number of halogens is 1. The minimum absolute atomic E-state index is 0.622. The normalized spacial score (nSPS) is 10.1. The van der Waals surface area contributed by atoms with Gasteiger partial charge in [0.2, 0.25) is 0 Å². The lowest BCUT2D eigenvalue weighted by atomic mass is 10.6. The van der Waals surface area contributed by atoms with Crippen LogP contribution in [0.1, 0.15) is 0 Å². The molecule has 46 valence electrons. The molecule has 0 saturated carbocycles. The standard InChI is InChI=1S/C6H9BrO/c1-2-5-8-6-3-4-7/h2-4H,1,5-6H2. The van der Waals surface area contributed by atoms with Gasteiger partial charge in [-0.25, -0.2) is 0 Å². The number of ether oxygens (including phenoxy) is 1. The third-order valence-corrected chi connectivity index (χ3v) is 0.913. The first-order valence-electron chi connectivity index (χ1n) is 2.35. The fourth-order valence-electron chi connectivity index (χ4n) is 0.256. The van der Waals surface area contributed by atoms with Crippen molar-refractivity contribution >= 4 is 15.9 Å². The lowest BCUT2D eigenvalue weighted by Crippen LogP contribution is -1.88. The summed E-state index contributed by atoms with van der Waals surface area (Å²) < 4.78 is 4.99. The molecule has 0 rings (SSSR count). The smallest absolute Gasteiger partial charge is 0.0659 e. The van der Waals surface area contributed by atoms with Crippen LogP contribution in [-0.4, -0.2) is 13.2 Å². The Morgan fingerprint density at radius 1 is 1.50 bits per heavy atom. The molecule has 0 aliphatic rings. The zero-order valence-corrected chi connectivity index (χ0v) is 6.23. The maximum Gasteiger partial charge on any atom is 0.0659 e. The molecule has 0 aromatic heterocycles. The molecule has 0 aliphatic carbocycles. The molecular weight excluding hydrogens is 168 g/mol. The van der Waals surface area contributed by atoms with E-state index >= 15 is 0 Å². The van der Waals surface area contributed by atoms with Gasteiger partial charge in [0.1, 0.15) is 0 Å². The molecule has 0 atom stereocenters. The van der Waals surface area contributed by atoms with E-state index in [4.69, 9.17) is 4.74 Å². The highest BCUT2D eigenvalue weighted by atomic mass is 79.9. The summed E-state index contributed by atoms with van der Waals surface area (Å²) in [5, 5.41) is 0. The van der Waals surface area contributed by atoms with Crippen molar-refractivity contribution in [2.45, 2.75) is 0 Å². The fraction of sp³-hybridized carbons (Fsp3) is 0.333. The molecule has 2 heteroatoms. The highest BCUT2D eigenvalue weighted by molar-refractivity contribution is 9.11. The van der Waals surface area contributed by atoms with Gasteiger partial charge in [0, 0.05) is 0 Å². The molecule has 0 heterocycles. The highest BCUT2D eigenvalue weighted by Gasteiger charge is 1.73. The van der Waals surface area contributed by atoms with Crippen LogP contribution in [-0.2, 0) is 4.74 Å². The van der Waals surface area contributed by atoms with Gasteiger partial charge < -0.3 is 4.74 Å². The molecular formula is C6H9BrO. The molecule has 0 spiro atoms. The Morgan fingerprint density at radius 3 is 2.75 bits per heavy atom. The van der Waals surface area contributed by atoms with E-state index in [9.17, 15) is 0 Å². The van der Waals surface area contributed by atoms with Crippen molar-refractivity contribution in [1.29, 1.82) is 0 Å². The van der Waals surface area contributed by atoms with Crippen LogP contribution < -0.4 is 0 Å². The summed E-state index contributed by atoms with van der Waals surface area (Å²) >= 11 is 3.12. The zero-order chi connectivity index (χ0) is 6.24. The van der Waals surface area contributed by atoms with E-state index in [0.29, 0.717) is 13.2 Å². The Balaban J connectivity index is 2.82. The number of rotatable bonds is 4. The summed E-state index contributed by atoms with van der Waals surface area (Å²) in [6.45, 7) is 4.77. The third-order valence-electron chi connectivity index (χ3n) is 0.539. The van der Waals surface area contributed by atoms with Crippen LogP contribution in [0.3, 0.4) is 0 Å². The van der Waals surface area contributed by atoms with Gasteiger partial charge in [0.25, 0.3) is 0 Å². The van der Waals surface area contributed by atoms with Crippen molar-refractivity contribution in [3.63, 3.8) is 0 Å². The number of hydrogen-bond donors (Lipinski definition) is 0. The number of hydrogen-bond acceptors (Lipinski definition) is 1. The van der Waals surface area contributed by atoms with E-state index in [1.54, 1.807) is 11.1 Å². The lowest BCUT2D eigenvalue weighted by molar-refractivity contribution is 0.194. The van der Waals surface area contributed by atoms with Gasteiger partial charge in [0.15, 0.2) is 0 Å². The molecule has 8 heavy (non-hydrogen) atoms. The average molecular weight is 177 g/mol. The summed E-state index contributed by atoms with van der Waals surface area (Å²) in [6, 6.07) is 0. The van der Waals surface area contributed by atoms with Gasteiger partial charge in [-0.15, -0.1) is 6.58 Å². The molecule has 0 aromatic carbocycles. The van der Waals surface area contributed by atoms with Crippen molar-refractivity contribution in [2.24, 2.45) is 0 Å². The summed E-state index contributed by atoms with van der Waals surface area (Å²) in [6.07, 6.45) is 3.60. The van der Waals surface area contributed by atoms with Crippen LogP contribution >= 0.6 is 15.9 Å². The minimum atomic E-state index is 0.622. The van der Waals surface area contributed by atoms with E-state index in [1.807, 2.05) is 6.08 Å². The van der Waals surface area contributed by atoms with E-state index < -0.39 is 0 Å². The van der Waals surface area contributed by atoms with Crippen LogP contribution in [0.2, 0.25) is 0 Å². The van der Waals surface area contributed by atoms with E-state index in [-0.39, 0.29) is 0 Å². The van der Waals surface area contributed by atoms with Crippen molar-refractivity contribution in [2.75, 3.05) is 13.2 Å². The monoisotopic (exact) mass is 176 g/mol. The minimum Gasteiger partial charge on any atom is -0.373 e. The summed E-state index contributed by atoms with van der Waals surface area (Å²) in [4.78, 5) is 1.77. The predicted octanol–water partition coefficient (Wildman–Crippen LogP) is 2.10. The first-order valence-corrected chi connectivity index (χ1v) is 3.27. The third kappa shape index (κ3) is 5.92. The predicted molar refractivity (Wildman–Crippen MR) is 39.1 cm³/mol. The van der Waals surface area contributed by atoms with Crippen LogP contribution in [0.25, 0.3) is 0 Å². The molecule has 1 nitrogen and oxygen atoms in total. The molecule has 0 N–H and O–H groups in total. The molecule has 0 saturated heterocycles. The quantitative estimate of drug-likeness (QED) is 0.472.